The molecule has 0 radical (unpaired) electrons. The molecule has 4 nitrogen and oxygen atoms in total. The van der Waals surface area contributed by atoms with Gasteiger partial charge in [0.25, 0.3) is 0 Å². The minimum absolute atomic E-state index is 0.00258. The zero-order chi connectivity index (χ0) is 44.0. The summed E-state index contributed by atoms with van der Waals surface area (Å²) in [6.07, 6.45) is 0. The highest BCUT2D eigenvalue weighted by molar-refractivity contribution is 7.25. The van der Waals surface area contributed by atoms with Crippen LogP contribution in [-0.4, -0.2) is 19.5 Å². The average molecular weight is 741 g/mol. The number of fused-ring (bicyclic) bond motifs is 6. The van der Waals surface area contributed by atoms with Crippen LogP contribution in [0.3, 0.4) is 0 Å². The van der Waals surface area contributed by atoms with Crippen molar-refractivity contribution < 1.29 is 11.0 Å². The second kappa shape index (κ2) is 13.3. The highest BCUT2D eigenvalue weighted by Gasteiger charge is 2.21. The number of nitrogens with zero attached hydrogens (tertiary/aromatic N) is 4. The third-order valence-electron chi connectivity index (χ3n) is 10.1. The van der Waals surface area contributed by atoms with Gasteiger partial charge in [0.2, 0.25) is 0 Å². The van der Waals surface area contributed by atoms with Crippen LogP contribution >= 0.6 is 11.3 Å². The topological polar surface area (TPSA) is 43.6 Å². The van der Waals surface area contributed by atoms with Crippen LogP contribution in [0.4, 0.5) is 0 Å². The van der Waals surface area contributed by atoms with E-state index in [0.717, 1.165) is 53.6 Å². The van der Waals surface area contributed by atoms with Crippen molar-refractivity contribution in [1.29, 1.82) is 0 Å². The molecule has 0 fully saturated rings. The van der Waals surface area contributed by atoms with Crippen molar-refractivity contribution in [3.8, 4) is 62.1 Å². The molecule has 0 atom stereocenters. The molecule has 0 bridgehead atoms. The number of hydrogen-bond donors (Lipinski definition) is 0. The standard InChI is InChI=1S/C51H32N4S/c1-3-14-33(15-4-1)35-18-13-19-36(30-35)37-26-29-43(46(31-37)55-44-23-10-7-20-39(44)40-21-8-11-24-45(40)55)51-53-49(34-16-5-2-6-17-34)52-50(54-51)38-27-28-42-41-22-9-12-25-47(41)56-48(42)32-38/h1-32H/i7D,8D,10D,11D,20D,21D,23D,24D. The molecule has 3 aromatic heterocycles. The minimum Gasteiger partial charge on any atom is -0.308 e. The van der Waals surface area contributed by atoms with Crippen molar-refractivity contribution in [1.82, 2.24) is 19.5 Å². The molecule has 0 saturated carbocycles. The molecule has 5 heteroatoms. The fourth-order valence-electron chi connectivity index (χ4n) is 7.46. The summed E-state index contributed by atoms with van der Waals surface area (Å²) in [5.41, 5.74) is 5.86. The van der Waals surface area contributed by atoms with E-state index in [0.29, 0.717) is 22.9 Å². The van der Waals surface area contributed by atoms with Crippen LogP contribution in [0.2, 0.25) is 0 Å². The Morgan fingerprint density at radius 2 is 0.946 bits per heavy atom. The van der Waals surface area contributed by atoms with Gasteiger partial charge in [0.05, 0.1) is 27.7 Å². The monoisotopic (exact) mass is 740 g/mol. The van der Waals surface area contributed by atoms with Crippen LogP contribution in [0.25, 0.3) is 104 Å². The predicted octanol–water partition coefficient (Wildman–Crippen LogP) is 13.7. The molecule has 3 heterocycles. The van der Waals surface area contributed by atoms with Gasteiger partial charge in [0.1, 0.15) is 0 Å². The van der Waals surface area contributed by atoms with Gasteiger partial charge in [0.15, 0.2) is 17.5 Å². The summed E-state index contributed by atoms with van der Waals surface area (Å²) in [5, 5.41) is 2.25. The third kappa shape index (κ3) is 5.48. The maximum atomic E-state index is 9.34. The van der Waals surface area contributed by atoms with Crippen molar-refractivity contribution in [3.63, 3.8) is 0 Å². The zero-order valence-electron chi connectivity index (χ0n) is 37.6. The summed E-state index contributed by atoms with van der Waals surface area (Å²) in [6.45, 7) is 0. The molecule has 11 aromatic rings. The van der Waals surface area contributed by atoms with Gasteiger partial charge in [-0.15, -0.1) is 11.3 Å². The lowest BCUT2D eigenvalue weighted by atomic mass is 9.97. The Bertz CT molecular complexity index is 3640. The smallest absolute Gasteiger partial charge is 0.166 e. The summed E-state index contributed by atoms with van der Waals surface area (Å²) < 4.78 is 75.7. The first kappa shape index (κ1) is 25.0. The van der Waals surface area contributed by atoms with E-state index < -0.39 is 48.3 Å². The molecular weight excluding hydrogens is 701 g/mol. The van der Waals surface area contributed by atoms with Crippen molar-refractivity contribution >= 4 is 53.3 Å². The Morgan fingerprint density at radius 1 is 0.393 bits per heavy atom. The molecule has 11 rings (SSSR count). The summed E-state index contributed by atoms with van der Waals surface area (Å²) in [7, 11) is 0. The molecule has 8 aromatic carbocycles. The van der Waals surface area contributed by atoms with Crippen molar-refractivity contribution in [2.45, 2.75) is 0 Å². The van der Waals surface area contributed by atoms with Gasteiger partial charge in [-0.05, 0) is 64.7 Å². The van der Waals surface area contributed by atoms with Gasteiger partial charge in [-0.3, -0.25) is 0 Å². The van der Waals surface area contributed by atoms with E-state index in [1.54, 1.807) is 11.3 Å². The number of aromatic nitrogens is 4. The molecule has 0 spiro atoms. The van der Waals surface area contributed by atoms with E-state index in [9.17, 15) is 2.74 Å². The van der Waals surface area contributed by atoms with Crippen LogP contribution in [0, 0.1) is 0 Å². The quantitative estimate of drug-likeness (QED) is 0.170. The SMILES string of the molecule is [2H]c1c([2H])c([2H])c2c(c1[2H])c1c([2H])c([2H])c([2H])c([2H])c1n2-c1cc(-c2cccc(-c3ccccc3)c2)ccc1-c1nc(-c2ccccc2)nc(-c2ccc3c(c2)sc2ccccc23)n1. The molecule has 0 aliphatic heterocycles. The molecule has 0 aliphatic carbocycles. The van der Waals surface area contributed by atoms with Crippen molar-refractivity contribution in [2.75, 3.05) is 0 Å². The molecular formula is C51H32N4S. The Hall–Kier alpha value is -7.21. The van der Waals surface area contributed by atoms with Gasteiger partial charge in [-0.2, -0.15) is 0 Å². The summed E-state index contributed by atoms with van der Waals surface area (Å²) in [5.74, 6) is 1.05. The van der Waals surface area contributed by atoms with Crippen LogP contribution in [0.1, 0.15) is 11.0 Å². The van der Waals surface area contributed by atoms with Crippen LogP contribution < -0.4 is 0 Å². The number of para-hydroxylation sites is 2. The highest BCUT2D eigenvalue weighted by atomic mass is 32.1. The van der Waals surface area contributed by atoms with Crippen molar-refractivity contribution in [3.05, 3.63) is 194 Å². The number of rotatable bonds is 6. The van der Waals surface area contributed by atoms with E-state index in [1.807, 2.05) is 115 Å². The lowest BCUT2D eigenvalue weighted by Gasteiger charge is -2.17. The molecule has 0 N–H and O–H groups in total. The number of benzene rings is 8. The molecule has 0 unspecified atom stereocenters. The Balaban J connectivity index is 1.25. The van der Waals surface area contributed by atoms with E-state index >= 15 is 0 Å². The normalized spacial score (nSPS) is 13.6. The third-order valence-corrected chi connectivity index (χ3v) is 11.3. The molecule has 56 heavy (non-hydrogen) atoms. The van der Waals surface area contributed by atoms with Crippen LogP contribution in [0.5, 0.6) is 0 Å². The second-order valence-electron chi connectivity index (χ2n) is 13.4. The van der Waals surface area contributed by atoms with Crippen molar-refractivity contribution in [2.24, 2.45) is 0 Å². The van der Waals surface area contributed by atoms with Gasteiger partial charge < -0.3 is 4.57 Å². The summed E-state index contributed by atoms with van der Waals surface area (Å²) in [4.78, 5) is 15.3. The molecule has 0 amide bonds. The van der Waals surface area contributed by atoms with Gasteiger partial charge in [-0.1, -0.05) is 152 Å². The Morgan fingerprint density at radius 3 is 1.70 bits per heavy atom. The lowest BCUT2D eigenvalue weighted by molar-refractivity contribution is 1.07. The first-order valence-corrected chi connectivity index (χ1v) is 18.9. The highest BCUT2D eigenvalue weighted by Crippen LogP contribution is 2.40. The lowest BCUT2D eigenvalue weighted by Crippen LogP contribution is -2.04. The fraction of sp³-hybridized carbons (Fsp3) is 0. The van der Waals surface area contributed by atoms with Gasteiger partial charge in [0, 0.05) is 47.6 Å². The molecule has 0 saturated heterocycles. The predicted molar refractivity (Wildman–Crippen MR) is 234 cm³/mol. The number of hydrogen-bond acceptors (Lipinski definition) is 4. The first-order valence-electron chi connectivity index (χ1n) is 22.1. The second-order valence-corrected chi connectivity index (χ2v) is 14.5. The Labute approximate surface area is 338 Å². The van der Waals surface area contributed by atoms with E-state index in [2.05, 4.69) is 30.3 Å². The molecule has 262 valence electrons. The average Bonchev–Trinajstić information content (AvgIpc) is 3.91. The molecule has 0 aliphatic rings. The summed E-state index contributed by atoms with van der Waals surface area (Å²) >= 11 is 1.68. The minimum atomic E-state index is -0.513. The first-order chi connectivity index (χ1) is 31.1. The maximum Gasteiger partial charge on any atom is 0.166 e. The van der Waals surface area contributed by atoms with E-state index in [-0.39, 0.29) is 27.6 Å². The Kier molecular flexibility index (Phi) is 5.92. The van der Waals surface area contributed by atoms with E-state index in [1.165, 1.54) is 4.57 Å². The van der Waals surface area contributed by atoms with Gasteiger partial charge in [-0.25, -0.2) is 15.0 Å². The van der Waals surface area contributed by atoms with Gasteiger partial charge >= 0.3 is 0 Å². The maximum absolute atomic E-state index is 9.34. The fourth-order valence-corrected chi connectivity index (χ4v) is 8.61. The van der Waals surface area contributed by atoms with E-state index in [4.69, 9.17) is 23.2 Å². The largest absolute Gasteiger partial charge is 0.308 e. The summed E-state index contributed by atoms with van der Waals surface area (Å²) in [6, 6.07) is 44.1. The zero-order valence-corrected chi connectivity index (χ0v) is 30.4. The number of thiophene rings is 1. The van der Waals surface area contributed by atoms with Crippen LogP contribution in [-0.2, 0) is 0 Å². The van der Waals surface area contributed by atoms with Crippen LogP contribution in [0.15, 0.2) is 194 Å².